The summed E-state index contributed by atoms with van der Waals surface area (Å²) in [5.41, 5.74) is 0.535. The van der Waals surface area contributed by atoms with Gasteiger partial charge in [0.15, 0.2) is 11.4 Å². The number of rotatable bonds is 8. The van der Waals surface area contributed by atoms with Crippen molar-refractivity contribution in [2.45, 2.75) is 25.0 Å². The Morgan fingerprint density at radius 3 is 2.39 bits per heavy atom. The summed E-state index contributed by atoms with van der Waals surface area (Å²) >= 11 is 0. The lowest BCUT2D eigenvalue weighted by Gasteiger charge is -2.17. The van der Waals surface area contributed by atoms with Crippen molar-refractivity contribution in [1.82, 2.24) is 9.29 Å². The number of nitrogens with zero attached hydrogens (tertiary/aromatic N) is 1. The summed E-state index contributed by atoms with van der Waals surface area (Å²) < 4.78 is 34.4. The highest BCUT2D eigenvalue weighted by Gasteiger charge is 2.22. The van der Waals surface area contributed by atoms with Crippen LogP contribution in [0.3, 0.4) is 0 Å². The minimum atomic E-state index is -3.85. The number of carboxylic acid groups (broad SMARTS) is 1. The molecule has 1 aromatic heterocycles. The van der Waals surface area contributed by atoms with Gasteiger partial charge in [-0.1, -0.05) is 48.5 Å². The van der Waals surface area contributed by atoms with Crippen LogP contribution in [0.4, 0.5) is 0 Å². The van der Waals surface area contributed by atoms with Crippen LogP contribution in [-0.4, -0.2) is 24.1 Å². The van der Waals surface area contributed by atoms with Gasteiger partial charge in [-0.15, -0.1) is 0 Å². The Bertz CT molecular complexity index is 1270. The van der Waals surface area contributed by atoms with Gasteiger partial charge in [-0.25, -0.2) is 17.9 Å². The predicted molar refractivity (Wildman–Crippen MR) is 115 cm³/mol. The molecule has 0 spiro atoms. The van der Waals surface area contributed by atoms with Gasteiger partial charge in [-0.3, -0.25) is 4.79 Å². The molecule has 0 radical (unpaired) electrons. The molecule has 0 saturated heterocycles. The maximum Gasteiger partial charge on any atom is 0.356 e. The van der Waals surface area contributed by atoms with Crippen molar-refractivity contribution >= 4 is 16.0 Å². The average Bonchev–Trinajstić information content (AvgIpc) is 2.73. The fourth-order valence-corrected chi connectivity index (χ4v) is 4.35. The molecule has 0 atom stereocenters. The van der Waals surface area contributed by atoms with Gasteiger partial charge in [0.25, 0.3) is 0 Å². The molecular weight excluding hydrogens is 420 g/mol. The Morgan fingerprint density at radius 2 is 1.74 bits per heavy atom. The molecule has 0 aliphatic carbocycles. The molecule has 162 valence electrons. The molecule has 0 unspecified atom stereocenters. The molecule has 2 N–H and O–H groups in total. The van der Waals surface area contributed by atoms with E-state index in [0.29, 0.717) is 5.56 Å². The van der Waals surface area contributed by atoms with Gasteiger partial charge in [0.05, 0.1) is 11.4 Å². The lowest BCUT2D eigenvalue weighted by Crippen LogP contribution is -2.28. The maximum atomic E-state index is 12.6. The largest absolute Gasteiger partial charge is 0.482 e. The van der Waals surface area contributed by atoms with Gasteiger partial charge in [-0.05, 0) is 24.1 Å². The Labute approximate surface area is 179 Å². The first kappa shape index (κ1) is 22.3. The molecule has 8 nitrogen and oxygen atoms in total. The lowest BCUT2D eigenvalue weighted by atomic mass is 10.2. The van der Waals surface area contributed by atoms with Crippen molar-refractivity contribution in [3.8, 4) is 5.75 Å². The second-order valence-corrected chi connectivity index (χ2v) is 8.64. The molecule has 1 heterocycles. The Kier molecular flexibility index (Phi) is 6.57. The predicted octanol–water partition coefficient (Wildman–Crippen LogP) is 2.45. The number of aryl methyl sites for hydroxylation is 1. The average molecular weight is 442 g/mol. The van der Waals surface area contributed by atoms with E-state index in [0.717, 1.165) is 5.56 Å². The molecule has 0 bridgehead atoms. The number of hydrogen-bond donors (Lipinski definition) is 2. The van der Waals surface area contributed by atoms with Crippen LogP contribution >= 0.6 is 0 Å². The number of sulfonamides is 1. The molecule has 3 rings (SSSR count). The first-order chi connectivity index (χ1) is 14.7. The zero-order valence-corrected chi connectivity index (χ0v) is 17.8. The third-order valence-electron chi connectivity index (χ3n) is 4.76. The van der Waals surface area contributed by atoms with E-state index in [1.54, 1.807) is 49.4 Å². The van der Waals surface area contributed by atoms with Crippen LogP contribution in [0, 0.1) is 6.92 Å². The van der Waals surface area contributed by atoms with Gasteiger partial charge in [0.2, 0.25) is 15.5 Å². The zero-order valence-electron chi connectivity index (χ0n) is 17.0. The van der Waals surface area contributed by atoms with Crippen LogP contribution in [-0.2, 0) is 30.2 Å². The SMILES string of the molecule is Cc1ccccc1S(=O)(=O)NCc1cc(=O)c(OCc2ccccc2)c(C(=O)O)n1C. The van der Waals surface area contributed by atoms with E-state index in [4.69, 9.17) is 4.74 Å². The van der Waals surface area contributed by atoms with Crippen LogP contribution in [0.2, 0.25) is 0 Å². The number of hydrogen-bond acceptors (Lipinski definition) is 5. The van der Waals surface area contributed by atoms with Gasteiger partial charge < -0.3 is 14.4 Å². The number of pyridine rings is 1. The van der Waals surface area contributed by atoms with Gasteiger partial charge in [0.1, 0.15) is 6.61 Å². The highest BCUT2D eigenvalue weighted by Crippen LogP contribution is 2.18. The van der Waals surface area contributed by atoms with Crippen molar-refractivity contribution < 1.29 is 23.1 Å². The Balaban J connectivity index is 1.89. The summed E-state index contributed by atoms with van der Waals surface area (Å²) in [5, 5.41) is 9.66. The molecule has 31 heavy (non-hydrogen) atoms. The molecule has 0 aliphatic rings. The van der Waals surface area contributed by atoms with Crippen molar-refractivity contribution in [3.05, 3.63) is 93.4 Å². The van der Waals surface area contributed by atoms with Gasteiger partial charge >= 0.3 is 5.97 Å². The van der Waals surface area contributed by atoms with E-state index in [-0.39, 0.29) is 35.2 Å². The second-order valence-electron chi connectivity index (χ2n) is 6.91. The highest BCUT2D eigenvalue weighted by molar-refractivity contribution is 7.89. The number of carbonyl (C=O) groups is 1. The van der Waals surface area contributed by atoms with Crippen LogP contribution < -0.4 is 14.9 Å². The summed E-state index contributed by atoms with van der Waals surface area (Å²) in [5.74, 6) is -1.66. The quantitative estimate of drug-likeness (QED) is 0.554. The summed E-state index contributed by atoms with van der Waals surface area (Å²) in [7, 11) is -2.41. The Morgan fingerprint density at radius 1 is 1.10 bits per heavy atom. The van der Waals surface area contributed by atoms with Crippen LogP contribution in [0.5, 0.6) is 5.75 Å². The molecule has 0 aliphatic heterocycles. The lowest BCUT2D eigenvalue weighted by molar-refractivity contribution is 0.0678. The number of nitrogens with one attached hydrogen (secondary N) is 1. The fourth-order valence-electron chi connectivity index (χ4n) is 3.11. The van der Waals surface area contributed by atoms with Crippen LogP contribution in [0.25, 0.3) is 0 Å². The third-order valence-corrected chi connectivity index (χ3v) is 6.32. The van der Waals surface area contributed by atoms with Crippen molar-refractivity contribution in [1.29, 1.82) is 0 Å². The third kappa shape index (κ3) is 5.01. The minimum Gasteiger partial charge on any atom is -0.482 e. The van der Waals surface area contributed by atoms with E-state index < -0.39 is 21.4 Å². The van der Waals surface area contributed by atoms with E-state index in [2.05, 4.69) is 4.72 Å². The molecule has 2 aromatic carbocycles. The summed E-state index contributed by atoms with van der Waals surface area (Å²) in [6.45, 7) is 1.43. The topological polar surface area (TPSA) is 115 Å². The summed E-state index contributed by atoms with van der Waals surface area (Å²) in [6, 6.07) is 16.7. The number of aromatic carboxylic acids is 1. The van der Waals surface area contributed by atoms with E-state index >= 15 is 0 Å². The van der Waals surface area contributed by atoms with E-state index in [9.17, 15) is 23.1 Å². The van der Waals surface area contributed by atoms with E-state index in [1.165, 1.54) is 23.7 Å². The van der Waals surface area contributed by atoms with Crippen molar-refractivity contribution in [2.75, 3.05) is 0 Å². The first-order valence-electron chi connectivity index (χ1n) is 9.39. The molecule has 0 amide bonds. The monoisotopic (exact) mass is 442 g/mol. The van der Waals surface area contributed by atoms with Crippen LogP contribution in [0.1, 0.15) is 27.3 Å². The maximum absolute atomic E-state index is 12.6. The molecular formula is C22H22N2O6S. The summed E-state index contributed by atoms with van der Waals surface area (Å²) in [6.07, 6.45) is 0. The number of carboxylic acids is 1. The summed E-state index contributed by atoms with van der Waals surface area (Å²) in [4.78, 5) is 24.6. The standard InChI is InChI=1S/C22H22N2O6S/c1-15-8-6-7-11-19(15)31(28,29)23-13-17-12-18(25)21(20(22(26)27)24(17)2)30-14-16-9-4-3-5-10-16/h3-12,23H,13-14H2,1-2H3,(H,26,27). The number of benzene rings is 2. The Hall–Kier alpha value is -3.43. The van der Waals surface area contributed by atoms with E-state index in [1.807, 2.05) is 6.07 Å². The van der Waals surface area contributed by atoms with Crippen LogP contribution in [0.15, 0.2) is 70.4 Å². The van der Waals surface area contributed by atoms with Gasteiger partial charge in [-0.2, -0.15) is 0 Å². The van der Waals surface area contributed by atoms with Gasteiger partial charge in [0, 0.05) is 18.8 Å². The second kappa shape index (κ2) is 9.15. The number of aromatic nitrogens is 1. The van der Waals surface area contributed by atoms with Crippen molar-refractivity contribution in [3.63, 3.8) is 0 Å². The normalized spacial score (nSPS) is 11.3. The number of ether oxygens (including phenoxy) is 1. The highest BCUT2D eigenvalue weighted by atomic mass is 32.2. The first-order valence-corrected chi connectivity index (χ1v) is 10.9. The molecule has 0 fully saturated rings. The smallest absolute Gasteiger partial charge is 0.356 e. The molecule has 0 saturated carbocycles. The van der Waals surface area contributed by atoms with Crippen molar-refractivity contribution in [2.24, 2.45) is 7.05 Å². The molecule has 9 heteroatoms. The zero-order chi connectivity index (χ0) is 22.6. The minimum absolute atomic E-state index is 0.0234. The fraction of sp³-hybridized carbons (Fsp3) is 0.182. The molecule has 3 aromatic rings.